The maximum Gasteiger partial charge on any atom is 0.251 e. The Kier molecular flexibility index (Phi) is 6.98. The van der Waals surface area contributed by atoms with Crippen molar-refractivity contribution >= 4 is 15.9 Å². The first-order chi connectivity index (χ1) is 11.9. The number of carbonyl (C=O) groups is 1. The van der Waals surface area contributed by atoms with E-state index in [1.54, 1.807) is 16.4 Å². The zero-order valence-corrected chi connectivity index (χ0v) is 16.2. The molecule has 1 N–H and O–H groups in total. The highest BCUT2D eigenvalue weighted by Crippen LogP contribution is 2.27. The number of benzene rings is 1. The van der Waals surface area contributed by atoms with E-state index in [9.17, 15) is 13.2 Å². The lowest BCUT2D eigenvalue weighted by Crippen LogP contribution is -2.43. The van der Waals surface area contributed by atoms with Crippen LogP contribution >= 0.6 is 0 Å². The lowest BCUT2D eigenvalue weighted by molar-refractivity contribution is 0.0951. The molecule has 25 heavy (non-hydrogen) atoms. The zero-order chi connectivity index (χ0) is 18.4. The molecule has 1 amide bonds. The fourth-order valence-corrected chi connectivity index (χ4v) is 4.87. The van der Waals surface area contributed by atoms with E-state index in [0.29, 0.717) is 18.7 Å². The summed E-state index contributed by atoms with van der Waals surface area (Å²) in [4.78, 5) is 14.3. The van der Waals surface area contributed by atoms with Crippen LogP contribution in [0.15, 0.2) is 29.2 Å². The van der Waals surface area contributed by atoms with Gasteiger partial charge in [0, 0.05) is 31.2 Å². The Hall–Kier alpha value is -1.44. The van der Waals surface area contributed by atoms with Crippen LogP contribution in [0.25, 0.3) is 0 Å². The second-order valence-electron chi connectivity index (χ2n) is 6.76. The monoisotopic (exact) mass is 367 g/mol. The van der Waals surface area contributed by atoms with Gasteiger partial charge in [0.1, 0.15) is 0 Å². The Morgan fingerprint density at radius 2 is 1.92 bits per heavy atom. The highest BCUT2D eigenvalue weighted by molar-refractivity contribution is 7.89. The standard InChI is InChI=1S/C18H29N3O3S/c1-4-16-7-5-6-13-21(16)25(23,24)17-10-8-15(9-11-17)18(22)19-12-14-20(2)3/h8-11,16H,4-7,12-14H2,1-3H3,(H,19,22). The molecule has 1 aliphatic rings. The van der Waals surface area contributed by atoms with Crippen molar-refractivity contribution < 1.29 is 13.2 Å². The summed E-state index contributed by atoms with van der Waals surface area (Å²) in [6, 6.07) is 6.33. The van der Waals surface area contributed by atoms with Crippen LogP contribution < -0.4 is 5.32 Å². The Labute approximate surface area is 151 Å². The van der Waals surface area contributed by atoms with Crippen molar-refractivity contribution in [2.24, 2.45) is 0 Å². The van der Waals surface area contributed by atoms with Gasteiger partial charge in [-0.3, -0.25) is 4.79 Å². The minimum atomic E-state index is -3.50. The van der Waals surface area contributed by atoms with Crippen molar-refractivity contribution in [3.63, 3.8) is 0 Å². The van der Waals surface area contributed by atoms with E-state index in [-0.39, 0.29) is 16.8 Å². The van der Waals surface area contributed by atoms with Gasteiger partial charge in [-0.05, 0) is 57.6 Å². The van der Waals surface area contributed by atoms with Gasteiger partial charge in [0.05, 0.1) is 4.90 Å². The molecular formula is C18H29N3O3S. The zero-order valence-electron chi connectivity index (χ0n) is 15.4. The van der Waals surface area contributed by atoms with Gasteiger partial charge in [0.25, 0.3) is 5.91 Å². The Bertz CT molecular complexity index is 671. The fourth-order valence-electron chi connectivity index (χ4n) is 3.11. The van der Waals surface area contributed by atoms with Crippen LogP contribution in [0.4, 0.5) is 0 Å². The van der Waals surface area contributed by atoms with Crippen LogP contribution in [-0.2, 0) is 10.0 Å². The van der Waals surface area contributed by atoms with Crippen LogP contribution in [0.3, 0.4) is 0 Å². The van der Waals surface area contributed by atoms with Crippen LogP contribution in [0.2, 0.25) is 0 Å². The molecule has 0 aromatic heterocycles. The second-order valence-corrected chi connectivity index (χ2v) is 8.65. The normalized spacial score (nSPS) is 19.1. The molecule has 0 radical (unpaired) electrons. The van der Waals surface area contributed by atoms with Crippen molar-refractivity contribution in [2.75, 3.05) is 33.7 Å². The smallest absolute Gasteiger partial charge is 0.251 e. The van der Waals surface area contributed by atoms with E-state index < -0.39 is 10.0 Å². The molecule has 1 aromatic carbocycles. The number of carbonyl (C=O) groups excluding carboxylic acids is 1. The van der Waals surface area contributed by atoms with Gasteiger partial charge in [-0.1, -0.05) is 13.3 Å². The van der Waals surface area contributed by atoms with Gasteiger partial charge < -0.3 is 10.2 Å². The molecule has 1 aliphatic heterocycles. The summed E-state index contributed by atoms with van der Waals surface area (Å²) in [5.41, 5.74) is 0.475. The van der Waals surface area contributed by atoms with Gasteiger partial charge in [-0.2, -0.15) is 4.31 Å². The van der Waals surface area contributed by atoms with Gasteiger partial charge in [0.2, 0.25) is 10.0 Å². The van der Waals surface area contributed by atoms with Crippen molar-refractivity contribution in [1.82, 2.24) is 14.5 Å². The van der Waals surface area contributed by atoms with Gasteiger partial charge in [0.15, 0.2) is 0 Å². The minimum absolute atomic E-state index is 0.0766. The average Bonchev–Trinajstić information content (AvgIpc) is 2.61. The molecule has 7 heteroatoms. The Balaban J connectivity index is 2.09. The van der Waals surface area contributed by atoms with E-state index in [0.717, 1.165) is 32.2 Å². The molecule has 0 saturated carbocycles. The molecule has 0 aliphatic carbocycles. The molecule has 0 spiro atoms. The molecule has 1 heterocycles. The summed E-state index contributed by atoms with van der Waals surface area (Å²) in [5.74, 6) is -0.185. The Morgan fingerprint density at radius 3 is 2.52 bits per heavy atom. The van der Waals surface area contributed by atoms with Crippen LogP contribution in [0, 0.1) is 0 Å². The van der Waals surface area contributed by atoms with E-state index in [4.69, 9.17) is 0 Å². The SMILES string of the molecule is CCC1CCCCN1S(=O)(=O)c1ccc(C(=O)NCCN(C)C)cc1. The van der Waals surface area contributed by atoms with Gasteiger partial charge in [-0.15, -0.1) is 0 Å². The number of nitrogens with one attached hydrogen (secondary N) is 1. The molecule has 1 aromatic rings. The number of amides is 1. The third kappa shape index (κ3) is 5.03. The largest absolute Gasteiger partial charge is 0.351 e. The average molecular weight is 368 g/mol. The minimum Gasteiger partial charge on any atom is -0.351 e. The summed E-state index contributed by atoms with van der Waals surface area (Å²) >= 11 is 0. The topological polar surface area (TPSA) is 69.7 Å². The lowest BCUT2D eigenvalue weighted by atomic mass is 10.0. The maximum absolute atomic E-state index is 12.9. The summed E-state index contributed by atoms with van der Waals surface area (Å²) in [7, 11) is 0.382. The van der Waals surface area contributed by atoms with Crippen LogP contribution in [0.5, 0.6) is 0 Å². The van der Waals surface area contributed by atoms with E-state index in [2.05, 4.69) is 5.32 Å². The van der Waals surface area contributed by atoms with E-state index >= 15 is 0 Å². The summed E-state index contributed by atoms with van der Waals surface area (Å²) < 4.78 is 27.4. The Morgan fingerprint density at radius 1 is 1.24 bits per heavy atom. The second kappa shape index (κ2) is 8.78. The third-order valence-corrected chi connectivity index (χ3v) is 6.58. The third-order valence-electron chi connectivity index (χ3n) is 4.61. The van der Waals surface area contributed by atoms with E-state index in [1.807, 2.05) is 25.9 Å². The lowest BCUT2D eigenvalue weighted by Gasteiger charge is -2.34. The fraction of sp³-hybridized carbons (Fsp3) is 0.611. The van der Waals surface area contributed by atoms with Crippen LogP contribution in [0.1, 0.15) is 43.0 Å². The number of likely N-dealkylation sites (N-methyl/N-ethyl adjacent to an activating group) is 1. The first kappa shape index (κ1) is 19.9. The number of nitrogens with zero attached hydrogens (tertiary/aromatic N) is 2. The molecule has 2 rings (SSSR count). The molecule has 0 bridgehead atoms. The molecule has 1 atom stereocenters. The molecule has 140 valence electrons. The van der Waals surface area contributed by atoms with E-state index in [1.165, 1.54) is 12.1 Å². The first-order valence-electron chi connectivity index (χ1n) is 8.91. The van der Waals surface area contributed by atoms with Crippen molar-refractivity contribution in [3.05, 3.63) is 29.8 Å². The molecule has 1 saturated heterocycles. The van der Waals surface area contributed by atoms with Gasteiger partial charge in [-0.25, -0.2) is 8.42 Å². The molecule has 6 nitrogen and oxygen atoms in total. The predicted molar refractivity (Wildman–Crippen MR) is 99.2 cm³/mol. The number of rotatable bonds is 7. The maximum atomic E-state index is 12.9. The number of sulfonamides is 1. The molecule has 1 unspecified atom stereocenters. The molecular weight excluding hydrogens is 338 g/mol. The molecule has 1 fully saturated rings. The number of piperidine rings is 1. The summed E-state index contributed by atoms with van der Waals surface area (Å²) in [6.07, 6.45) is 3.73. The number of hydrogen-bond donors (Lipinski definition) is 1. The van der Waals surface area contributed by atoms with Crippen molar-refractivity contribution in [3.8, 4) is 0 Å². The highest BCUT2D eigenvalue weighted by Gasteiger charge is 2.32. The first-order valence-corrected chi connectivity index (χ1v) is 10.3. The number of hydrogen-bond acceptors (Lipinski definition) is 4. The highest BCUT2D eigenvalue weighted by atomic mass is 32.2. The summed E-state index contributed by atoms with van der Waals surface area (Å²) in [5, 5.41) is 2.83. The van der Waals surface area contributed by atoms with Crippen molar-refractivity contribution in [1.29, 1.82) is 0 Å². The van der Waals surface area contributed by atoms with Crippen LogP contribution in [-0.4, -0.2) is 63.3 Å². The van der Waals surface area contributed by atoms with Gasteiger partial charge >= 0.3 is 0 Å². The summed E-state index contributed by atoms with van der Waals surface area (Å²) in [6.45, 7) is 3.91. The quantitative estimate of drug-likeness (QED) is 0.799. The van der Waals surface area contributed by atoms with Crippen molar-refractivity contribution in [2.45, 2.75) is 43.5 Å². The predicted octanol–water partition coefficient (Wildman–Crippen LogP) is 1.93.